The van der Waals surface area contributed by atoms with Gasteiger partial charge in [-0.15, -0.1) is 0 Å². The highest BCUT2D eigenvalue weighted by Crippen LogP contribution is 2.28. The molecule has 0 atom stereocenters. The molecule has 0 bridgehead atoms. The molecule has 1 saturated carbocycles. The summed E-state index contributed by atoms with van der Waals surface area (Å²) in [4.78, 5) is 26.0. The van der Waals surface area contributed by atoms with E-state index in [1.54, 1.807) is 35.4 Å². The summed E-state index contributed by atoms with van der Waals surface area (Å²) in [6.07, 6.45) is 3.53. The molecule has 1 aromatic heterocycles. The van der Waals surface area contributed by atoms with E-state index >= 15 is 0 Å². The van der Waals surface area contributed by atoms with Crippen LogP contribution in [0.25, 0.3) is 0 Å². The van der Waals surface area contributed by atoms with Crippen LogP contribution in [-0.4, -0.2) is 21.4 Å². The zero-order valence-electron chi connectivity index (χ0n) is 12.1. The van der Waals surface area contributed by atoms with E-state index in [1.165, 1.54) is 22.8 Å². The van der Waals surface area contributed by atoms with Crippen molar-refractivity contribution in [1.82, 2.24) is 9.47 Å². The van der Waals surface area contributed by atoms with Crippen molar-refractivity contribution in [2.45, 2.75) is 32.0 Å². The second-order valence-electron chi connectivity index (χ2n) is 5.55. The third-order valence-electron chi connectivity index (χ3n) is 3.75. The molecule has 22 heavy (non-hydrogen) atoms. The number of halogens is 1. The van der Waals surface area contributed by atoms with Gasteiger partial charge >= 0.3 is 0 Å². The van der Waals surface area contributed by atoms with Gasteiger partial charge in [-0.3, -0.25) is 9.59 Å². The fraction of sp³-hybridized carbons (Fsp3) is 0.294. The fourth-order valence-corrected chi connectivity index (χ4v) is 2.47. The first-order chi connectivity index (χ1) is 10.6. The van der Waals surface area contributed by atoms with Crippen LogP contribution >= 0.6 is 0 Å². The van der Waals surface area contributed by atoms with Crippen molar-refractivity contribution >= 4 is 5.91 Å². The Hall–Kier alpha value is -2.43. The van der Waals surface area contributed by atoms with Crippen LogP contribution in [0, 0.1) is 5.82 Å². The maximum absolute atomic E-state index is 13.3. The Bertz CT molecular complexity index is 737. The van der Waals surface area contributed by atoms with E-state index in [1.807, 2.05) is 0 Å². The summed E-state index contributed by atoms with van der Waals surface area (Å²) in [5, 5.41) is 0. The largest absolute Gasteiger partial charge is 0.334 e. The van der Waals surface area contributed by atoms with Crippen molar-refractivity contribution in [3.63, 3.8) is 0 Å². The number of nitrogens with zero attached hydrogens (tertiary/aromatic N) is 2. The zero-order valence-corrected chi connectivity index (χ0v) is 12.1. The quantitative estimate of drug-likeness (QED) is 0.849. The molecule has 0 saturated heterocycles. The molecule has 1 fully saturated rings. The minimum atomic E-state index is -0.306. The van der Waals surface area contributed by atoms with Gasteiger partial charge in [0.05, 0.1) is 0 Å². The molecule has 1 aliphatic rings. The van der Waals surface area contributed by atoms with Gasteiger partial charge in [0.1, 0.15) is 12.4 Å². The van der Waals surface area contributed by atoms with Crippen molar-refractivity contribution < 1.29 is 9.18 Å². The number of benzene rings is 1. The molecular weight excluding hydrogens is 283 g/mol. The molecule has 0 N–H and O–H groups in total. The summed E-state index contributed by atoms with van der Waals surface area (Å²) in [7, 11) is 0. The minimum absolute atomic E-state index is 0.0193. The number of carbonyl (C=O) groups is 1. The molecule has 0 spiro atoms. The minimum Gasteiger partial charge on any atom is -0.334 e. The number of hydrogen-bond donors (Lipinski definition) is 0. The molecule has 5 heteroatoms. The van der Waals surface area contributed by atoms with Gasteiger partial charge in [-0.1, -0.05) is 18.2 Å². The van der Waals surface area contributed by atoms with E-state index in [-0.39, 0.29) is 29.9 Å². The first-order valence-corrected chi connectivity index (χ1v) is 7.33. The Morgan fingerprint density at radius 3 is 2.73 bits per heavy atom. The van der Waals surface area contributed by atoms with E-state index in [9.17, 15) is 14.0 Å². The van der Waals surface area contributed by atoms with Crippen molar-refractivity contribution in [1.29, 1.82) is 0 Å². The predicted molar refractivity (Wildman–Crippen MR) is 80.7 cm³/mol. The summed E-state index contributed by atoms with van der Waals surface area (Å²) in [6.45, 7) is 0.397. The lowest BCUT2D eigenvalue weighted by molar-refractivity contribution is -0.133. The van der Waals surface area contributed by atoms with Gasteiger partial charge in [-0.05, 0) is 36.6 Å². The predicted octanol–water partition coefficient (Wildman–Crippen LogP) is 2.18. The summed E-state index contributed by atoms with van der Waals surface area (Å²) in [5.41, 5.74) is 0.568. The molecule has 1 heterocycles. The third-order valence-corrected chi connectivity index (χ3v) is 3.75. The van der Waals surface area contributed by atoms with Crippen molar-refractivity contribution in [2.75, 3.05) is 0 Å². The Morgan fingerprint density at radius 1 is 1.23 bits per heavy atom. The van der Waals surface area contributed by atoms with E-state index < -0.39 is 0 Å². The van der Waals surface area contributed by atoms with Gasteiger partial charge in [0.2, 0.25) is 5.91 Å². The molecule has 0 aliphatic heterocycles. The Labute approximate surface area is 127 Å². The van der Waals surface area contributed by atoms with Crippen molar-refractivity contribution in [3.8, 4) is 0 Å². The van der Waals surface area contributed by atoms with Crippen LogP contribution in [0.3, 0.4) is 0 Å². The highest BCUT2D eigenvalue weighted by atomic mass is 19.1. The number of aromatic nitrogens is 1. The van der Waals surface area contributed by atoms with Crippen LogP contribution in [0.4, 0.5) is 4.39 Å². The van der Waals surface area contributed by atoms with E-state index in [0.29, 0.717) is 6.54 Å². The molecule has 1 aliphatic carbocycles. The maximum Gasteiger partial charge on any atom is 0.250 e. The lowest BCUT2D eigenvalue weighted by Crippen LogP contribution is -2.37. The summed E-state index contributed by atoms with van der Waals surface area (Å²) < 4.78 is 14.7. The first kappa shape index (κ1) is 14.5. The van der Waals surface area contributed by atoms with Gasteiger partial charge in [-0.2, -0.15) is 0 Å². The van der Waals surface area contributed by atoms with E-state index in [0.717, 1.165) is 18.4 Å². The smallest absolute Gasteiger partial charge is 0.250 e. The molecule has 114 valence electrons. The molecule has 2 aromatic rings. The maximum atomic E-state index is 13.3. The fourth-order valence-electron chi connectivity index (χ4n) is 2.47. The highest BCUT2D eigenvalue weighted by Gasteiger charge is 2.32. The van der Waals surface area contributed by atoms with Crippen LogP contribution in [0.5, 0.6) is 0 Å². The van der Waals surface area contributed by atoms with E-state index in [4.69, 9.17) is 0 Å². The average Bonchev–Trinajstić information content (AvgIpc) is 3.32. The van der Waals surface area contributed by atoms with Crippen molar-refractivity contribution in [3.05, 3.63) is 70.4 Å². The Morgan fingerprint density at radius 2 is 2.05 bits per heavy atom. The lowest BCUT2D eigenvalue weighted by atomic mass is 10.2. The average molecular weight is 300 g/mol. The number of pyridine rings is 1. The van der Waals surface area contributed by atoms with Crippen LogP contribution in [0.15, 0.2) is 53.5 Å². The van der Waals surface area contributed by atoms with Gasteiger partial charge < -0.3 is 9.47 Å². The standard InChI is InChI=1S/C17H17FN2O2/c18-14-5-3-4-13(10-14)11-20(15-7-8-15)17(22)12-19-9-2-1-6-16(19)21/h1-6,9-10,15H,7-8,11-12H2. The van der Waals surface area contributed by atoms with Gasteiger partial charge in [0.25, 0.3) is 5.56 Å². The topological polar surface area (TPSA) is 42.3 Å². The molecule has 0 unspecified atom stereocenters. The molecule has 4 nitrogen and oxygen atoms in total. The second-order valence-corrected chi connectivity index (χ2v) is 5.55. The summed E-state index contributed by atoms with van der Waals surface area (Å²) >= 11 is 0. The zero-order chi connectivity index (χ0) is 15.5. The Balaban J connectivity index is 1.75. The van der Waals surface area contributed by atoms with Gasteiger partial charge in [0, 0.05) is 24.8 Å². The van der Waals surface area contributed by atoms with Gasteiger partial charge in [0.15, 0.2) is 0 Å². The van der Waals surface area contributed by atoms with Gasteiger partial charge in [-0.25, -0.2) is 4.39 Å². The van der Waals surface area contributed by atoms with E-state index in [2.05, 4.69) is 0 Å². The molecule has 0 radical (unpaired) electrons. The number of rotatable bonds is 5. The number of carbonyl (C=O) groups excluding carboxylic acids is 1. The van der Waals surface area contributed by atoms with Crippen LogP contribution in [0.2, 0.25) is 0 Å². The highest BCUT2D eigenvalue weighted by molar-refractivity contribution is 5.76. The number of hydrogen-bond acceptors (Lipinski definition) is 2. The summed E-state index contributed by atoms with van der Waals surface area (Å²) in [5.74, 6) is -0.417. The van der Waals surface area contributed by atoms with Crippen molar-refractivity contribution in [2.24, 2.45) is 0 Å². The first-order valence-electron chi connectivity index (χ1n) is 7.33. The Kier molecular flexibility index (Phi) is 4.04. The summed E-state index contributed by atoms with van der Waals surface area (Å²) in [6, 6.07) is 11.3. The molecule has 1 amide bonds. The van der Waals surface area contributed by atoms with Crippen LogP contribution in [0.1, 0.15) is 18.4 Å². The second kappa shape index (κ2) is 6.13. The number of amides is 1. The molecular formula is C17H17FN2O2. The monoisotopic (exact) mass is 300 g/mol. The SMILES string of the molecule is O=C(Cn1ccccc1=O)N(Cc1cccc(F)c1)C1CC1. The van der Waals surface area contributed by atoms with Crippen LogP contribution < -0.4 is 5.56 Å². The normalized spacial score (nSPS) is 13.9. The molecule has 3 rings (SSSR count). The lowest BCUT2D eigenvalue weighted by Gasteiger charge is -2.23. The molecule has 1 aromatic carbocycles. The third kappa shape index (κ3) is 3.42. The van der Waals surface area contributed by atoms with Crippen LogP contribution in [-0.2, 0) is 17.9 Å².